The first-order chi connectivity index (χ1) is 13.7. The molecule has 0 saturated carbocycles. The molecule has 2 heterocycles. The van der Waals surface area contributed by atoms with Gasteiger partial charge in [-0.1, -0.05) is 54.6 Å². The van der Waals surface area contributed by atoms with Gasteiger partial charge in [-0.3, -0.25) is 14.7 Å². The van der Waals surface area contributed by atoms with Crippen molar-refractivity contribution in [3.05, 3.63) is 90.3 Å². The summed E-state index contributed by atoms with van der Waals surface area (Å²) < 4.78 is 6.13. The third-order valence-corrected chi connectivity index (χ3v) is 5.56. The number of nitrogens with zero attached hydrogens (tertiary/aromatic N) is 2. The smallest absolute Gasteiger partial charge is 0.254 e. The number of hydrogen-bond donors (Lipinski definition) is 1. The predicted molar refractivity (Wildman–Crippen MR) is 108 cm³/mol. The third kappa shape index (κ3) is 3.77. The first-order valence-corrected chi connectivity index (χ1v) is 9.64. The highest BCUT2D eigenvalue weighted by molar-refractivity contribution is 5.86. The molecule has 2 N–H and O–H groups in total. The fourth-order valence-electron chi connectivity index (χ4n) is 4.06. The molecule has 1 fully saturated rings. The van der Waals surface area contributed by atoms with Crippen LogP contribution in [0.25, 0.3) is 0 Å². The Bertz CT molecular complexity index is 866. The Morgan fingerprint density at radius 2 is 2.07 bits per heavy atom. The summed E-state index contributed by atoms with van der Waals surface area (Å²) in [5, 5.41) is 0. The molecule has 0 spiro atoms. The minimum atomic E-state index is -1.03. The van der Waals surface area contributed by atoms with E-state index in [0.717, 1.165) is 13.1 Å². The standard InChI is InChI=1S/C23H25N3O2/c24-22(27)23(11-5-2-6-12-23)28-17-20-16-26(15-18-8-7-13-25-14-18)21(20)19-9-3-1-4-10-19/h1-11,13-14,20-21H,12,15-17H2,(H2,24,27). The number of nitrogens with two attached hydrogens (primary N) is 1. The lowest BCUT2D eigenvalue weighted by Gasteiger charge is -2.49. The molecule has 1 amide bonds. The highest BCUT2D eigenvalue weighted by Gasteiger charge is 2.43. The Hall–Kier alpha value is -2.76. The molecule has 0 radical (unpaired) electrons. The van der Waals surface area contributed by atoms with Crippen molar-refractivity contribution in [2.45, 2.75) is 24.6 Å². The average Bonchev–Trinajstić information content (AvgIpc) is 2.72. The van der Waals surface area contributed by atoms with Gasteiger partial charge in [0.25, 0.3) is 5.91 Å². The summed E-state index contributed by atoms with van der Waals surface area (Å²) in [6, 6.07) is 14.8. The fourth-order valence-corrected chi connectivity index (χ4v) is 4.06. The number of likely N-dealkylation sites (tertiary alicyclic amines) is 1. The third-order valence-electron chi connectivity index (χ3n) is 5.56. The molecule has 1 aromatic heterocycles. The number of carbonyl (C=O) groups is 1. The van der Waals surface area contributed by atoms with Crippen LogP contribution in [0, 0.1) is 5.92 Å². The molecular weight excluding hydrogens is 350 g/mol. The second kappa shape index (κ2) is 8.09. The number of rotatable bonds is 7. The maximum atomic E-state index is 12.0. The van der Waals surface area contributed by atoms with Gasteiger partial charge in [0.1, 0.15) is 0 Å². The lowest BCUT2D eigenvalue weighted by atomic mass is 9.83. The van der Waals surface area contributed by atoms with Gasteiger partial charge >= 0.3 is 0 Å². The van der Waals surface area contributed by atoms with Gasteiger partial charge in [0.2, 0.25) is 0 Å². The van der Waals surface area contributed by atoms with Crippen LogP contribution in [-0.2, 0) is 16.1 Å². The van der Waals surface area contributed by atoms with Crippen LogP contribution < -0.4 is 5.73 Å². The van der Waals surface area contributed by atoms with Crippen LogP contribution in [0.3, 0.4) is 0 Å². The van der Waals surface area contributed by atoms with Gasteiger partial charge in [-0.05, 0) is 23.3 Å². The summed E-state index contributed by atoms with van der Waals surface area (Å²) in [5.41, 5.74) is 7.08. The Morgan fingerprint density at radius 1 is 1.21 bits per heavy atom. The summed E-state index contributed by atoms with van der Waals surface area (Å²) >= 11 is 0. The average molecular weight is 375 g/mol. The van der Waals surface area contributed by atoms with E-state index in [0.29, 0.717) is 18.9 Å². The van der Waals surface area contributed by atoms with Crippen molar-refractivity contribution in [3.8, 4) is 0 Å². The van der Waals surface area contributed by atoms with Gasteiger partial charge < -0.3 is 10.5 Å². The second-order valence-corrected chi connectivity index (χ2v) is 7.46. The molecule has 1 saturated heterocycles. The Kier molecular flexibility index (Phi) is 5.37. The highest BCUT2D eigenvalue weighted by atomic mass is 16.5. The van der Waals surface area contributed by atoms with E-state index in [2.05, 4.69) is 40.2 Å². The van der Waals surface area contributed by atoms with Crippen LogP contribution in [0.5, 0.6) is 0 Å². The van der Waals surface area contributed by atoms with Crippen LogP contribution in [-0.4, -0.2) is 34.5 Å². The van der Waals surface area contributed by atoms with E-state index in [1.54, 1.807) is 12.3 Å². The zero-order chi connectivity index (χ0) is 19.4. The molecule has 1 aliphatic heterocycles. The monoisotopic (exact) mass is 375 g/mol. The molecule has 4 rings (SSSR count). The van der Waals surface area contributed by atoms with Crippen molar-refractivity contribution >= 4 is 5.91 Å². The van der Waals surface area contributed by atoms with Gasteiger partial charge in [0.15, 0.2) is 5.60 Å². The number of aromatic nitrogens is 1. The van der Waals surface area contributed by atoms with Gasteiger partial charge in [-0.15, -0.1) is 0 Å². The van der Waals surface area contributed by atoms with Crippen molar-refractivity contribution in [2.24, 2.45) is 11.7 Å². The molecule has 2 aliphatic rings. The second-order valence-electron chi connectivity index (χ2n) is 7.46. The van der Waals surface area contributed by atoms with Crippen LogP contribution in [0.15, 0.2) is 79.2 Å². The molecule has 5 heteroatoms. The number of amides is 1. The molecule has 1 aliphatic carbocycles. The van der Waals surface area contributed by atoms with Gasteiger partial charge in [-0.2, -0.15) is 0 Å². The van der Waals surface area contributed by atoms with Crippen molar-refractivity contribution in [1.29, 1.82) is 0 Å². The Morgan fingerprint density at radius 3 is 2.75 bits per heavy atom. The molecule has 3 atom stereocenters. The number of allylic oxidation sites excluding steroid dienone is 2. The highest BCUT2D eigenvalue weighted by Crippen LogP contribution is 2.41. The van der Waals surface area contributed by atoms with E-state index >= 15 is 0 Å². The quantitative estimate of drug-likeness (QED) is 0.808. The van der Waals surface area contributed by atoms with E-state index in [9.17, 15) is 4.79 Å². The molecular formula is C23H25N3O2. The van der Waals surface area contributed by atoms with E-state index in [-0.39, 0.29) is 6.04 Å². The summed E-state index contributed by atoms with van der Waals surface area (Å²) in [5.74, 6) is -0.134. The summed E-state index contributed by atoms with van der Waals surface area (Å²) in [6.07, 6.45) is 11.6. The number of pyridine rings is 1. The van der Waals surface area contributed by atoms with Gasteiger partial charge in [0, 0.05) is 43.9 Å². The topological polar surface area (TPSA) is 68.5 Å². The van der Waals surface area contributed by atoms with Crippen molar-refractivity contribution < 1.29 is 9.53 Å². The van der Waals surface area contributed by atoms with Crippen molar-refractivity contribution in [2.75, 3.05) is 13.2 Å². The van der Waals surface area contributed by atoms with E-state index in [1.165, 1.54) is 11.1 Å². The largest absolute Gasteiger partial charge is 0.367 e. The van der Waals surface area contributed by atoms with Gasteiger partial charge in [0.05, 0.1) is 6.61 Å². The number of benzene rings is 1. The summed E-state index contributed by atoms with van der Waals surface area (Å²) in [6.45, 7) is 2.24. The van der Waals surface area contributed by atoms with Crippen molar-refractivity contribution in [1.82, 2.24) is 9.88 Å². The van der Waals surface area contributed by atoms with Crippen molar-refractivity contribution in [3.63, 3.8) is 0 Å². The lowest BCUT2D eigenvalue weighted by Crippen LogP contribution is -2.53. The van der Waals surface area contributed by atoms with Crippen LogP contribution >= 0.6 is 0 Å². The molecule has 5 nitrogen and oxygen atoms in total. The number of carbonyl (C=O) groups excluding carboxylic acids is 1. The maximum Gasteiger partial charge on any atom is 0.254 e. The van der Waals surface area contributed by atoms with E-state index in [1.807, 2.05) is 36.6 Å². The van der Waals surface area contributed by atoms with Gasteiger partial charge in [-0.25, -0.2) is 0 Å². The lowest BCUT2D eigenvalue weighted by molar-refractivity contribution is -0.144. The Labute approximate surface area is 165 Å². The maximum absolute atomic E-state index is 12.0. The molecule has 144 valence electrons. The minimum absolute atomic E-state index is 0.245. The molecule has 0 bridgehead atoms. The zero-order valence-corrected chi connectivity index (χ0v) is 15.8. The fraction of sp³-hybridized carbons (Fsp3) is 0.304. The van der Waals surface area contributed by atoms with Crippen LogP contribution in [0.1, 0.15) is 23.6 Å². The zero-order valence-electron chi connectivity index (χ0n) is 15.8. The van der Waals surface area contributed by atoms with Crippen LogP contribution in [0.2, 0.25) is 0 Å². The van der Waals surface area contributed by atoms with Crippen LogP contribution in [0.4, 0.5) is 0 Å². The molecule has 3 unspecified atom stereocenters. The summed E-state index contributed by atoms with van der Waals surface area (Å²) in [7, 11) is 0. The van der Waals surface area contributed by atoms with E-state index < -0.39 is 11.5 Å². The molecule has 2 aromatic rings. The molecule has 1 aromatic carbocycles. The number of primary amides is 1. The Balaban J connectivity index is 1.48. The molecule has 28 heavy (non-hydrogen) atoms. The number of hydrogen-bond acceptors (Lipinski definition) is 4. The summed E-state index contributed by atoms with van der Waals surface area (Å²) in [4.78, 5) is 18.7. The van der Waals surface area contributed by atoms with E-state index in [4.69, 9.17) is 10.5 Å². The SMILES string of the molecule is NC(=O)C1(OCC2CN(Cc3cccnc3)C2c2ccccc2)C=CC=CC1. The normalized spacial score (nSPS) is 26.7. The predicted octanol–water partition coefficient (Wildman–Crippen LogP) is 3.01. The first-order valence-electron chi connectivity index (χ1n) is 9.64. The minimum Gasteiger partial charge on any atom is -0.367 e. The first kappa shape index (κ1) is 18.6. The number of ether oxygens (including phenoxy) is 1.